The summed E-state index contributed by atoms with van der Waals surface area (Å²) in [4.78, 5) is 11.5. The van der Waals surface area contributed by atoms with Crippen molar-refractivity contribution in [2.75, 3.05) is 5.88 Å². The maximum absolute atomic E-state index is 11.5. The summed E-state index contributed by atoms with van der Waals surface area (Å²) in [5.74, 6) is 1.34. The maximum Gasteiger partial charge on any atom is 0.221 e. The summed E-state index contributed by atoms with van der Waals surface area (Å²) >= 11 is 5.56. The highest BCUT2D eigenvalue weighted by atomic mass is 35.5. The van der Waals surface area contributed by atoms with Crippen LogP contribution in [0.25, 0.3) is 0 Å². The molecule has 0 bridgehead atoms. The van der Waals surface area contributed by atoms with Gasteiger partial charge in [0.1, 0.15) is 0 Å². The van der Waals surface area contributed by atoms with E-state index in [-0.39, 0.29) is 5.91 Å². The van der Waals surface area contributed by atoms with Gasteiger partial charge in [-0.2, -0.15) is 0 Å². The smallest absolute Gasteiger partial charge is 0.221 e. The van der Waals surface area contributed by atoms with Gasteiger partial charge in [-0.3, -0.25) is 4.79 Å². The highest BCUT2D eigenvalue weighted by Gasteiger charge is 2.31. The van der Waals surface area contributed by atoms with Crippen LogP contribution in [0.1, 0.15) is 59.3 Å². The highest BCUT2D eigenvalue weighted by molar-refractivity contribution is 6.18. The summed E-state index contributed by atoms with van der Waals surface area (Å²) in [6.07, 6.45) is 6.42. The van der Waals surface area contributed by atoms with Crippen molar-refractivity contribution in [3.8, 4) is 0 Å². The van der Waals surface area contributed by atoms with E-state index in [2.05, 4.69) is 26.1 Å². The summed E-state index contributed by atoms with van der Waals surface area (Å²) in [5, 5.41) is 3.09. The molecule has 0 heterocycles. The molecule has 1 rings (SSSR count). The Hall–Kier alpha value is -0.240. The Balaban J connectivity index is 2.33. The quantitative estimate of drug-likeness (QED) is 0.749. The molecule has 17 heavy (non-hydrogen) atoms. The molecule has 0 radical (unpaired) electrons. The number of carbonyl (C=O) groups excluding carboxylic acids is 1. The molecule has 2 nitrogen and oxygen atoms in total. The molecule has 1 aliphatic carbocycles. The second-order valence-electron chi connectivity index (χ2n) is 5.90. The van der Waals surface area contributed by atoms with Crippen LogP contribution in [0.5, 0.6) is 0 Å². The number of halogens is 1. The minimum absolute atomic E-state index is 0.109. The Bertz CT molecular complexity index is 245. The van der Waals surface area contributed by atoms with Crippen molar-refractivity contribution in [1.82, 2.24) is 5.32 Å². The number of alkyl halides is 1. The van der Waals surface area contributed by atoms with E-state index in [0.29, 0.717) is 23.8 Å². The number of hydrogen-bond donors (Lipinski definition) is 1. The molecule has 0 spiro atoms. The van der Waals surface area contributed by atoms with Gasteiger partial charge in [-0.15, -0.1) is 11.6 Å². The van der Waals surface area contributed by atoms with Gasteiger partial charge in [-0.05, 0) is 37.0 Å². The predicted octanol–water partition coefficient (Wildman–Crippen LogP) is 3.73. The van der Waals surface area contributed by atoms with Gasteiger partial charge in [-0.1, -0.05) is 27.2 Å². The molecule has 1 N–H and O–H groups in total. The van der Waals surface area contributed by atoms with E-state index in [9.17, 15) is 4.79 Å². The van der Waals surface area contributed by atoms with Crippen molar-refractivity contribution in [3.05, 3.63) is 0 Å². The van der Waals surface area contributed by atoms with Crippen LogP contribution in [0.2, 0.25) is 0 Å². The largest absolute Gasteiger partial charge is 0.353 e. The van der Waals surface area contributed by atoms with Crippen LogP contribution in [0.3, 0.4) is 0 Å². The Morgan fingerprint density at radius 3 is 2.35 bits per heavy atom. The van der Waals surface area contributed by atoms with Gasteiger partial charge >= 0.3 is 0 Å². The van der Waals surface area contributed by atoms with Crippen LogP contribution in [-0.4, -0.2) is 17.8 Å². The molecule has 1 aliphatic rings. The molecule has 0 aromatic rings. The van der Waals surface area contributed by atoms with Gasteiger partial charge in [0.25, 0.3) is 0 Å². The van der Waals surface area contributed by atoms with Crippen LogP contribution in [-0.2, 0) is 4.79 Å². The van der Waals surface area contributed by atoms with E-state index >= 15 is 0 Å². The van der Waals surface area contributed by atoms with E-state index in [1.54, 1.807) is 0 Å². The van der Waals surface area contributed by atoms with Gasteiger partial charge < -0.3 is 5.32 Å². The van der Waals surface area contributed by atoms with E-state index in [4.69, 9.17) is 11.6 Å². The van der Waals surface area contributed by atoms with Crippen molar-refractivity contribution in [3.63, 3.8) is 0 Å². The molecule has 0 atom stereocenters. The monoisotopic (exact) mass is 259 g/mol. The molecule has 1 fully saturated rings. The van der Waals surface area contributed by atoms with Crippen molar-refractivity contribution in [2.45, 2.75) is 65.3 Å². The van der Waals surface area contributed by atoms with E-state index in [1.807, 2.05) is 0 Å². The van der Waals surface area contributed by atoms with Crippen LogP contribution >= 0.6 is 11.6 Å². The first-order valence-corrected chi connectivity index (χ1v) is 7.38. The SMILES string of the molecule is CCC(C)(C)C1CCC(NC(=O)CCCl)CC1. The van der Waals surface area contributed by atoms with Crippen LogP contribution in [0.4, 0.5) is 0 Å². The molecule has 0 saturated heterocycles. The zero-order chi connectivity index (χ0) is 12.9. The molecule has 100 valence electrons. The lowest BCUT2D eigenvalue weighted by molar-refractivity contribution is -0.121. The Labute approximate surface area is 110 Å². The van der Waals surface area contributed by atoms with Gasteiger partial charge in [0, 0.05) is 18.3 Å². The number of nitrogens with one attached hydrogen (secondary N) is 1. The fourth-order valence-electron chi connectivity index (χ4n) is 2.69. The second-order valence-corrected chi connectivity index (χ2v) is 6.28. The normalized spacial score (nSPS) is 25.6. The first kappa shape index (κ1) is 14.8. The summed E-state index contributed by atoms with van der Waals surface area (Å²) in [6, 6.07) is 0.384. The fourth-order valence-corrected chi connectivity index (χ4v) is 2.87. The molecule has 0 aromatic heterocycles. The third-order valence-electron chi connectivity index (χ3n) is 4.43. The number of amides is 1. The lowest BCUT2D eigenvalue weighted by Crippen LogP contribution is -2.39. The van der Waals surface area contributed by atoms with Crippen LogP contribution < -0.4 is 5.32 Å². The Morgan fingerprint density at radius 2 is 1.88 bits per heavy atom. The van der Waals surface area contributed by atoms with E-state index in [1.165, 1.54) is 19.3 Å². The van der Waals surface area contributed by atoms with Crippen molar-refractivity contribution >= 4 is 17.5 Å². The molecule has 3 heteroatoms. The molecule has 1 saturated carbocycles. The van der Waals surface area contributed by atoms with Gasteiger partial charge in [0.2, 0.25) is 5.91 Å². The minimum Gasteiger partial charge on any atom is -0.353 e. The van der Waals surface area contributed by atoms with Gasteiger partial charge in [0.05, 0.1) is 0 Å². The molecule has 0 aliphatic heterocycles. The first-order chi connectivity index (χ1) is 7.99. The topological polar surface area (TPSA) is 29.1 Å². The van der Waals surface area contributed by atoms with Crippen molar-refractivity contribution < 1.29 is 4.79 Å². The molecule has 1 amide bonds. The third kappa shape index (κ3) is 4.50. The van der Waals surface area contributed by atoms with Crippen LogP contribution in [0.15, 0.2) is 0 Å². The maximum atomic E-state index is 11.5. The van der Waals surface area contributed by atoms with Crippen molar-refractivity contribution in [1.29, 1.82) is 0 Å². The zero-order valence-electron chi connectivity index (χ0n) is 11.4. The summed E-state index contributed by atoms with van der Waals surface area (Å²) < 4.78 is 0. The third-order valence-corrected chi connectivity index (χ3v) is 4.62. The highest BCUT2D eigenvalue weighted by Crippen LogP contribution is 2.40. The van der Waals surface area contributed by atoms with Gasteiger partial charge in [-0.25, -0.2) is 0 Å². The minimum atomic E-state index is 0.109. The van der Waals surface area contributed by atoms with Gasteiger partial charge in [0.15, 0.2) is 0 Å². The van der Waals surface area contributed by atoms with Crippen LogP contribution in [0, 0.1) is 11.3 Å². The standard InChI is InChI=1S/C14H26ClNO/c1-4-14(2,3)11-5-7-12(8-6-11)16-13(17)9-10-15/h11-12H,4-10H2,1-3H3,(H,16,17). The fraction of sp³-hybridized carbons (Fsp3) is 0.929. The Kier molecular flexibility index (Phi) is 5.78. The molecule has 0 aromatic carbocycles. The molecular formula is C14H26ClNO. The Morgan fingerprint density at radius 1 is 1.29 bits per heavy atom. The lowest BCUT2D eigenvalue weighted by atomic mass is 9.69. The molecule has 0 unspecified atom stereocenters. The first-order valence-electron chi connectivity index (χ1n) is 6.85. The number of rotatable bonds is 5. The summed E-state index contributed by atoms with van der Waals surface area (Å²) in [7, 11) is 0. The average Bonchev–Trinajstić information content (AvgIpc) is 2.30. The van der Waals surface area contributed by atoms with E-state index in [0.717, 1.165) is 18.8 Å². The van der Waals surface area contributed by atoms with E-state index < -0.39 is 0 Å². The summed E-state index contributed by atoms with van der Waals surface area (Å²) in [6.45, 7) is 7.00. The predicted molar refractivity (Wildman–Crippen MR) is 73.3 cm³/mol. The molecular weight excluding hydrogens is 234 g/mol. The number of hydrogen-bond acceptors (Lipinski definition) is 1. The summed E-state index contributed by atoms with van der Waals surface area (Å²) in [5.41, 5.74) is 0.450. The lowest BCUT2D eigenvalue weighted by Gasteiger charge is -2.39. The average molecular weight is 260 g/mol. The van der Waals surface area contributed by atoms with Crippen molar-refractivity contribution in [2.24, 2.45) is 11.3 Å². The number of carbonyl (C=O) groups is 1. The zero-order valence-corrected chi connectivity index (χ0v) is 12.1. The second kappa shape index (κ2) is 6.63.